The summed E-state index contributed by atoms with van der Waals surface area (Å²) in [6, 6.07) is 4.15. The predicted molar refractivity (Wildman–Crippen MR) is 116 cm³/mol. The van der Waals surface area contributed by atoms with E-state index < -0.39 is 71.0 Å². The highest BCUT2D eigenvalue weighted by molar-refractivity contribution is 7.86. The molecule has 1 aromatic carbocycles. The van der Waals surface area contributed by atoms with E-state index in [2.05, 4.69) is 10.1 Å². The zero-order valence-electron chi connectivity index (χ0n) is 19.5. The molecule has 13 heteroatoms. The maximum absolute atomic E-state index is 12.5. The summed E-state index contributed by atoms with van der Waals surface area (Å²) in [7, 11) is -3.22. The van der Waals surface area contributed by atoms with Gasteiger partial charge in [0.25, 0.3) is 10.1 Å². The van der Waals surface area contributed by atoms with Crippen LogP contribution in [-0.2, 0) is 33.3 Å². The minimum absolute atomic E-state index is 0.139. The van der Waals surface area contributed by atoms with Crippen molar-refractivity contribution in [2.75, 3.05) is 13.7 Å². The standard InChI is InChI=1S/C21H31NO11S/c1-11-6-8-12(9-7-11)34(28,29)31-10-13-15(23)16(24)17(25)18(32-13)14(19(26)30-5)22-20(27)33-21(2,3)4/h6-9,13-18,23-25H,10H2,1-5H3,(H,22,27)/t13?,14?,15-,16?,17?,18+/m1/s1. The van der Waals surface area contributed by atoms with Gasteiger partial charge < -0.3 is 34.8 Å². The molecule has 4 unspecified atom stereocenters. The van der Waals surface area contributed by atoms with Crippen LogP contribution in [0, 0.1) is 6.92 Å². The largest absolute Gasteiger partial charge is 0.467 e. The van der Waals surface area contributed by atoms with Gasteiger partial charge in [-0.05, 0) is 39.8 Å². The van der Waals surface area contributed by atoms with E-state index in [1.807, 2.05) is 0 Å². The van der Waals surface area contributed by atoms with Gasteiger partial charge in [0.2, 0.25) is 0 Å². The molecule has 1 heterocycles. The number of aliphatic hydroxyl groups excluding tert-OH is 3. The summed E-state index contributed by atoms with van der Waals surface area (Å²) in [5, 5.41) is 33.2. The van der Waals surface area contributed by atoms with Crippen molar-refractivity contribution in [1.29, 1.82) is 0 Å². The number of aryl methyl sites for hydroxylation is 1. The molecule has 2 rings (SSSR count). The fourth-order valence-corrected chi connectivity index (χ4v) is 4.08. The molecule has 34 heavy (non-hydrogen) atoms. The van der Waals surface area contributed by atoms with Crippen molar-refractivity contribution in [3.05, 3.63) is 29.8 Å². The number of nitrogens with one attached hydrogen (secondary N) is 1. The molecule has 1 saturated heterocycles. The molecule has 4 N–H and O–H groups in total. The van der Waals surface area contributed by atoms with Crippen LogP contribution in [0.4, 0.5) is 4.79 Å². The number of esters is 1. The van der Waals surface area contributed by atoms with Gasteiger partial charge in [-0.25, -0.2) is 9.59 Å². The highest BCUT2D eigenvalue weighted by atomic mass is 32.2. The van der Waals surface area contributed by atoms with Gasteiger partial charge in [0, 0.05) is 0 Å². The van der Waals surface area contributed by atoms with E-state index >= 15 is 0 Å². The summed E-state index contributed by atoms with van der Waals surface area (Å²) in [4.78, 5) is 24.4. The second-order valence-corrected chi connectivity index (χ2v) is 10.4. The van der Waals surface area contributed by atoms with Crippen molar-refractivity contribution in [2.24, 2.45) is 0 Å². The molecule has 6 atom stereocenters. The summed E-state index contributed by atoms with van der Waals surface area (Å²) in [6.07, 6.45) is -9.63. The molecule has 1 aliphatic heterocycles. The van der Waals surface area contributed by atoms with E-state index in [0.29, 0.717) is 0 Å². The molecule has 0 saturated carbocycles. The molecule has 0 spiro atoms. The molecule has 192 valence electrons. The first kappa shape index (κ1) is 28.0. The Hall–Kier alpha value is -2.29. The van der Waals surface area contributed by atoms with Crippen LogP contribution in [0.15, 0.2) is 29.2 Å². The fourth-order valence-electron chi connectivity index (χ4n) is 3.16. The van der Waals surface area contributed by atoms with Crippen molar-refractivity contribution in [2.45, 2.75) is 74.8 Å². The average Bonchev–Trinajstić information content (AvgIpc) is 2.74. The van der Waals surface area contributed by atoms with Crippen LogP contribution in [0.1, 0.15) is 26.3 Å². The van der Waals surface area contributed by atoms with Gasteiger partial charge in [-0.2, -0.15) is 8.42 Å². The zero-order valence-corrected chi connectivity index (χ0v) is 20.3. The van der Waals surface area contributed by atoms with E-state index in [4.69, 9.17) is 13.7 Å². The minimum Gasteiger partial charge on any atom is -0.467 e. The van der Waals surface area contributed by atoms with E-state index in [-0.39, 0.29) is 4.90 Å². The van der Waals surface area contributed by atoms with Crippen LogP contribution in [0.3, 0.4) is 0 Å². The van der Waals surface area contributed by atoms with Crippen LogP contribution in [-0.4, -0.2) is 91.7 Å². The topological polar surface area (TPSA) is 178 Å². The molecule has 0 aliphatic carbocycles. The smallest absolute Gasteiger partial charge is 0.408 e. The summed E-state index contributed by atoms with van der Waals surface area (Å²) >= 11 is 0. The van der Waals surface area contributed by atoms with E-state index in [1.165, 1.54) is 12.1 Å². The maximum atomic E-state index is 12.5. The quantitative estimate of drug-likeness (QED) is 0.280. The van der Waals surface area contributed by atoms with Gasteiger partial charge in [-0.1, -0.05) is 17.7 Å². The number of amides is 1. The van der Waals surface area contributed by atoms with Crippen LogP contribution >= 0.6 is 0 Å². The van der Waals surface area contributed by atoms with Crippen LogP contribution in [0.25, 0.3) is 0 Å². The molecular formula is C21H31NO11S. The Bertz CT molecular complexity index is 958. The Labute approximate surface area is 197 Å². The highest BCUT2D eigenvalue weighted by Gasteiger charge is 2.50. The molecular weight excluding hydrogens is 474 g/mol. The number of aliphatic hydroxyl groups is 3. The van der Waals surface area contributed by atoms with Crippen molar-refractivity contribution >= 4 is 22.2 Å². The lowest BCUT2D eigenvalue weighted by atomic mass is 9.91. The molecule has 1 aliphatic rings. The summed E-state index contributed by atoms with van der Waals surface area (Å²) in [5.41, 5.74) is -0.0796. The number of ether oxygens (including phenoxy) is 3. The van der Waals surface area contributed by atoms with E-state index in [9.17, 15) is 33.3 Å². The number of hydrogen-bond donors (Lipinski definition) is 4. The van der Waals surface area contributed by atoms with Gasteiger partial charge >= 0.3 is 12.1 Å². The van der Waals surface area contributed by atoms with E-state index in [0.717, 1.165) is 12.7 Å². The normalized spacial score (nSPS) is 26.4. The van der Waals surface area contributed by atoms with Crippen LogP contribution in [0.2, 0.25) is 0 Å². The first-order valence-corrected chi connectivity index (χ1v) is 11.8. The van der Waals surface area contributed by atoms with Gasteiger partial charge in [0.05, 0.1) is 18.6 Å². The number of carbonyl (C=O) groups is 2. The Kier molecular flexibility index (Phi) is 9.02. The lowest BCUT2D eigenvalue weighted by Crippen LogP contribution is -2.66. The Balaban J connectivity index is 2.21. The van der Waals surface area contributed by atoms with Crippen molar-refractivity contribution < 1.29 is 51.7 Å². The Morgan fingerprint density at radius 1 is 1.09 bits per heavy atom. The molecule has 1 aromatic rings. The zero-order chi connectivity index (χ0) is 25.8. The third-order valence-corrected chi connectivity index (χ3v) is 6.20. The number of hydrogen-bond acceptors (Lipinski definition) is 11. The number of benzene rings is 1. The first-order chi connectivity index (χ1) is 15.7. The van der Waals surface area contributed by atoms with Gasteiger partial charge in [-0.3, -0.25) is 4.18 Å². The molecule has 0 radical (unpaired) electrons. The van der Waals surface area contributed by atoms with E-state index in [1.54, 1.807) is 39.8 Å². The highest BCUT2D eigenvalue weighted by Crippen LogP contribution is 2.26. The first-order valence-electron chi connectivity index (χ1n) is 10.4. The SMILES string of the molecule is COC(=O)C(NC(=O)OC(C)(C)C)[C@@H]1OC(COS(=O)(=O)c2ccc(C)cc2)[C@@H](O)C(O)C1O. The molecule has 0 aromatic heterocycles. The third-order valence-electron chi connectivity index (χ3n) is 4.90. The van der Waals surface area contributed by atoms with Crippen molar-refractivity contribution in [1.82, 2.24) is 5.32 Å². The number of carbonyl (C=O) groups excluding carboxylic acids is 2. The van der Waals surface area contributed by atoms with Crippen molar-refractivity contribution in [3.8, 4) is 0 Å². The summed E-state index contributed by atoms with van der Waals surface area (Å²) in [5.74, 6) is -1.04. The van der Waals surface area contributed by atoms with Gasteiger partial charge in [-0.15, -0.1) is 0 Å². The van der Waals surface area contributed by atoms with Crippen molar-refractivity contribution in [3.63, 3.8) is 0 Å². The third kappa shape index (κ3) is 7.10. The number of rotatable bonds is 7. The monoisotopic (exact) mass is 505 g/mol. The molecule has 12 nitrogen and oxygen atoms in total. The van der Waals surface area contributed by atoms with Gasteiger partial charge in [0.15, 0.2) is 6.04 Å². The maximum Gasteiger partial charge on any atom is 0.408 e. The molecule has 1 fully saturated rings. The van der Waals surface area contributed by atoms with Crippen LogP contribution in [0.5, 0.6) is 0 Å². The lowest BCUT2D eigenvalue weighted by molar-refractivity contribution is -0.234. The predicted octanol–water partition coefficient (Wildman–Crippen LogP) is -0.383. The Morgan fingerprint density at radius 2 is 1.68 bits per heavy atom. The fraction of sp³-hybridized carbons (Fsp3) is 0.619. The molecule has 0 bridgehead atoms. The number of alkyl carbamates (subject to hydrolysis) is 1. The Morgan fingerprint density at radius 3 is 2.21 bits per heavy atom. The second-order valence-electron chi connectivity index (χ2n) is 8.81. The summed E-state index contributed by atoms with van der Waals surface area (Å²) < 4.78 is 45.2. The molecule has 1 amide bonds. The minimum atomic E-state index is -4.25. The number of methoxy groups -OCH3 is 1. The average molecular weight is 506 g/mol. The van der Waals surface area contributed by atoms with Gasteiger partial charge in [0.1, 0.15) is 36.1 Å². The lowest BCUT2D eigenvalue weighted by Gasteiger charge is -2.42. The second kappa shape index (κ2) is 11.0. The van der Waals surface area contributed by atoms with Crippen LogP contribution < -0.4 is 5.32 Å². The summed E-state index contributed by atoms with van der Waals surface area (Å²) in [6.45, 7) is 5.80.